The number of hydrogen-bond acceptors (Lipinski definition) is 4. The highest BCUT2D eigenvalue weighted by atomic mass is 16.5. The number of hydrogen-bond donors (Lipinski definition) is 3. The molecular formula is C17H18N4O3. The van der Waals surface area contributed by atoms with E-state index in [1.54, 1.807) is 20.3 Å². The summed E-state index contributed by atoms with van der Waals surface area (Å²) in [5.41, 5.74) is 2.56. The summed E-state index contributed by atoms with van der Waals surface area (Å²) in [6, 6.07) is 12.7. The minimum Gasteiger partial charge on any atom is -0.493 e. The number of carbonyl (C=O) groups excluding carboxylic acids is 1. The largest absolute Gasteiger partial charge is 0.493 e. The van der Waals surface area contributed by atoms with Crippen LogP contribution in [0.3, 0.4) is 0 Å². The monoisotopic (exact) mass is 326 g/mol. The van der Waals surface area contributed by atoms with Gasteiger partial charge in [0.1, 0.15) is 0 Å². The Morgan fingerprint density at radius 3 is 2.67 bits per heavy atom. The number of nitrogens with zero attached hydrogens (tertiary/aromatic N) is 1. The van der Waals surface area contributed by atoms with Crippen molar-refractivity contribution in [3.63, 3.8) is 0 Å². The molecule has 7 nitrogen and oxygen atoms in total. The molecule has 1 aromatic heterocycles. The summed E-state index contributed by atoms with van der Waals surface area (Å²) >= 11 is 0. The van der Waals surface area contributed by atoms with E-state index in [-0.39, 0.29) is 6.03 Å². The smallest absolute Gasteiger partial charge is 0.321 e. The van der Waals surface area contributed by atoms with Gasteiger partial charge in [-0.15, -0.1) is 0 Å². The predicted octanol–water partition coefficient (Wildman–Crippen LogP) is 2.90. The van der Waals surface area contributed by atoms with Gasteiger partial charge in [-0.1, -0.05) is 18.2 Å². The van der Waals surface area contributed by atoms with E-state index in [9.17, 15) is 4.79 Å². The SMILES string of the molecule is COc1ccc(CNC(=O)Nc2nc3ccccc3[nH]2)cc1OC. The van der Waals surface area contributed by atoms with Crippen LogP contribution in [0.15, 0.2) is 42.5 Å². The van der Waals surface area contributed by atoms with Crippen molar-refractivity contribution in [2.45, 2.75) is 6.54 Å². The molecule has 0 saturated carbocycles. The molecule has 0 radical (unpaired) electrons. The number of anilines is 1. The number of benzene rings is 2. The summed E-state index contributed by atoms with van der Waals surface area (Å²) in [6.07, 6.45) is 0. The van der Waals surface area contributed by atoms with Gasteiger partial charge in [-0.25, -0.2) is 9.78 Å². The van der Waals surface area contributed by atoms with Gasteiger partial charge >= 0.3 is 6.03 Å². The zero-order chi connectivity index (χ0) is 16.9. The van der Waals surface area contributed by atoms with Crippen LogP contribution >= 0.6 is 0 Å². The molecule has 0 unspecified atom stereocenters. The molecule has 2 amide bonds. The van der Waals surface area contributed by atoms with E-state index < -0.39 is 0 Å². The van der Waals surface area contributed by atoms with Gasteiger partial charge in [-0.2, -0.15) is 0 Å². The summed E-state index contributed by atoms with van der Waals surface area (Å²) in [5.74, 6) is 1.67. The number of fused-ring (bicyclic) bond motifs is 1. The number of imidazole rings is 1. The summed E-state index contributed by atoms with van der Waals surface area (Å²) in [4.78, 5) is 19.3. The van der Waals surface area contributed by atoms with E-state index in [4.69, 9.17) is 9.47 Å². The van der Waals surface area contributed by atoms with Crippen molar-refractivity contribution in [1.29, 1.82) is 0 Å². The van der Waals surface area contributed by atoms with Crippen LogP contribution in [0.25, 0.3) is 11.0 Å². The number of amides is 2. The van der Waals surface area contributed by atoms with E-state index in [2.05, 4.69) is 20.6 Å². The van der Waals surface area contributed by atoms with E-state index in [1.807, 2.05) is 36.4 Å². The molecule has 0 aliphatic carbocycles. The third kappa shape index (κ3) is 3.40. The van der Waals surface area contributed by atoms with Crippen LogP contribution in [0.2, 0.25) is 0 Å². The van der Waals surface area contributed by atoms with E-state index in [0.29, 0.717) is 24.0 Å². The first-order valence-corrected chi connectivity index (χ1v) is 7.40. The van der Waals surface area contributed by atoms with Crippen LogP contribution in [0.4, 0.5) is 10.7 Å². The van der Waals surface area contributed by atoms with Gasteiger partial charge in [0.2, 0.25) is 5.95 Å². The second kappa shape index (κ2) is 6.91. The lowest BCUT2D eigenvalue weighted by molar-refractivity contribution is 0.251. The van der Waals surface area contributed by atoms with Crippen LogP contribution < -0.4 is 20.1 Å². The highest BCUT2D eigenvalue weighted by Crippen LogP contribution is 2.27. The second-order valence-electron chi connectivity index (χ2n) is 5.10. The number of para-hydroxylation sites is 2. The highest BCUT2D eigenvalue weighted by molar-refractivity contribution is 5.89. The lowest BCUT2D eigenvalue weighted by Gasteiger charge is -2.10. The molecule has 7 heteroatoms. The number of ether oxygens (including phenoxy) is 2. The molecular weight excluding hydrogens is 308 g/mol. The summed E-state index contributed by atoms with van der Waals surface area (Å²) in [7, 11) is 3.15. The molecule has 0 fully saturated rings. The normalized spacial score (nSPS) is 10.4. The molecule has 0 aliphatic rings. The molecule has 0 atom stereocenters. The number of methoxy groups -OCH3 is 2. The van der Waals surface area contributed by atoms with Gasteiger partial charge in [0.05, 0.1) is 25.3 Å². The molecule has 0 aliphatic heterocycles. The van der Waals surface area contributed by atoms with Crippen molar-refractivity contribution in [2.24, 2.45) is 0 Å². The summed E-state index contributed by atoms with van der Waals surface area (Å²) < 4.78 is 10.4. The Balaban J connectivity index is 1.61. The summed E-state index contributed by atoms with van der Waals surface area (Å²) in [5, 5.41) is 5.45. The lowest BCUT2D eigenvalue weighted by Crippen LogP contribution is -2.28. The first-order chi connectivity index (χ1) is 11.7. The van der Waals surface area contributed by atoms with Crippen LogP contribution in [0, 0.1) is 0 Å². The van der Waals surface area contributed by atoms with Crippen LogP contribution in [-0.4, -0.2) is 30.2 Å². The molecule has 24 heavy (non-hydrogen) atoms. The molecule has 3 N–H and O–H groups in total. The average molecular weight is 326 g/mol. The van der Waals surface area contributed by atoms with Gasteiger partial charge in [-0.05, 0) is 29.8 Å². The minimum absolute atomic E-state index is 0.344. The van der Waals surface area contributed by atoms with Crippen molar-refractivity contribution in [3.8, 4) is 11.5 Å². The number of aromatic nitrogens is 2. The standard InChI is InChI=1S/C17H18N4O3/c1-23-14-8-7-11(9-15(14)24-2)10-18-17(22)21-16-19-12-5-3-4-6-13(12)20-16/h3-9H,10H2,1-2H3,(H3,18,19,20,21,22). The Morgan fingerprint density at radius 2 is 1.92 bits per heavy atom. The number of urea groups is 1. The van der Waals surface area contributed by atoms with Crippen molar-refractivity contribution < 1.29 is 14.3 Å². The first kappa shape index (κ1) is 15.7. The number of carbonyl (C=O) groups is 1. The Morgan fingerprint density at radius 1 is 1.12 bits per heavy atom. The van der Waals surface area contributed by atoms with Gasteiger partial charge in [0.15, 0.2) is 11.5 Å². The fourth-order valence-electron chi connectivity index (χ4n) is 2.34. The number of H-pyrrole nitrogens is 1. The number of nitrogens with one attached hydrogen (secondary N) is 3. The Labute approximate surface area is 139 Å². The number of aromatic amines is 1. The van der Waals surface area contributed by atoms with Gasteiger partial charge in [0.25, 0.3) is 0 Å². The van der Waals surface area contributed by atoms with Crippen molar-refractivity contribution in [2.75, 3.05) is 19.5 Å². The maximum absolute atomic E-state index is 12.0. The zero-order valence-corrected chi connectivity index (χ0v) is 13.4. The molecule has 1 heterocycles. The molecule has 0 spiro atoms. The lowest BCUT2D eigenvalue weighted by atomic mass is 10.2. The third-order valence-electron chi connectivity index (χ3n) is 3.52. The maximum atomic E-state index is 12.0. The van der Waals surface area contributed by atoms with E-state index >= 15 is 0 Å². The van der Waals surface area contributed by atoms with E-state index in [0.717, 1.165) is 16.6 Å². The fraction of sp³-hybridized carbons (Fsp3) is 0.176. The predicted molar refractivity (Wildman–Crippen MR) is 91.5 cm³/mol. The Bertz CT molecular complexity index is 827. The zero-order valence-electron chi connectivity index (χ0n) is 13.4. The number of rotatable bonds is 5. The molecule has 3 rings (SSSR count). The van der Waals surface area contributed by atoms with Crippen LogP contribution in [-0.2, 0) is 6.54 Å². The second-order valence-corrected chi connectivity index (χ2v) is 5.10. The maximum Gasteiger partial charge on any atom is 0.321 e. The van der Waals surface area contributed by atoms with Crippen LogP contribution in [0.1, 0.15) is 5.56 Å². The van der Waals surface area contributed by atoms with Crippen molar-refractivity contribution in [3.05, 3.63) is 48.0 Å². The molecule has 2 aromatic carbocycles. The Kier molecular flexibility index (Phi) is 4.51. The van der Waals surface area contributed by atoms with Crippen molar-refractivity contribution in [1.82, 2.24) is 15.3 Å². The van der Waals surface area contributed by atoms with Gasteiger partial charge in [-0.3, -0.25) is 5.32 Å². The topological polar surface area (TPSA) is 88.3 Å². The van der Waals surface area contributed by atoms with Gasteiger partial charge < -0.3 is 19.8 Å². The van der Waals surface area contributed by atoms with Gasteiger partial charge in [0, 0.05) is 6.54 Å². The average Bonchev–Trinajstić information content (AvgIpc) is 3.01. The Hall–Kier alpha value is -3.22. The van der Waals surface area contributed by atoms with E-state index in [1.165, 1.54) is 0 Å². The summed E-state index contributed by atoms with van der Waals surface area (Å²) in [6.45, 7) is 0.354. The quantitative estimate of drug-likeness (QED) is 0.672. The molecule has 3 aromatic rings. The van der Waals surface area contributed by atoms with Crippen LogP contribution in [0.5, 0.6) is 11.5 Å². The molecule has 124 valence electrons. The molecule has 0 bridgehead atoms. The molecule has 0 saturated heterocycles. The fourth-order valence-corrected chi connectivity index (χ4v) is 2.34. The van der Waals surface area contributed by atoms with Crippen molar-refractivity contribution >= 4 is 23.0 Å². The first-order valence-electron chi connectivity index (χ1n) is 7.40. The minimum atomic E-state index is -0.344. The third-order valence-corrected chi connectivity index (χ3v) is 3.52. The highest BCUT2D eigenvalue weighted by Gasteiger charge is 2.08.